The zero-order chi connectivity index (χ0) is 30.3. The van der Waals surface area contributed by atoms with Crippen molar-refractivity contribution in [3.05, 3.63) is 64.3 Å². The Bertz CT molecular complexity index is 1540. The molecule has 0 amide bonds. The number of hydrogen-bond donors (Lipinski definition) is 2. The predicted molar refractivity (Wildman–Crippen MR) is 119 cm³/mol. The minimum Gasteiger partial charge on any atom is -0.489 e. The Morgan fingerprint density at radius 3 is 2.82 bits per heavy atom. The number of aromatic nitrogens is 1. The van der Waals surface area contributed by atoms with Crippen molar-refractivity contribution in [2.24, 2.45) is 0 Å². The fourth-order valence-corrected chi connectivity index (χ4v) is 4.54. The number of carbonyl (C=O) groups is 1. The van der Waals surface area contributed by atoms with E-state index in [1.165, 1.54) is 0 Å². The summed E-state index contributed by atoms with van der Waals surface area (Å²) in [7, 11) is 0. The van der Waals surface area contributed by atoms with Crippen molar-refractivity contribution in [3.63, 3.8) is 0 Å². The SMILES string of the molecule is [2H]C1C([2H])([2H])C([2H])([2H])C([2H])([2H])C1([2H])c1ccc(COc2ccc3[nH]c4c(c3c2)CCC4CC(=O)O)cc1C(F)(F)F. The lowest BCUT2D eigenvalue weighted by molar-refractivity contribution is -0.139. The molecule has 4 nitrogen and oxygen atoms in total. The van der Waals surface area contributed by atoms with Crippen molar-refractivity contribution in [1.82, 2.24) is 4.98 Å². The van der Waals surface area contributed by atoms with Gasteiger partial charge in [0, 0.05) is 33.5 Å². The summed E-state index contributed by atoms with van der Waals surface area (Å²) in [5.41, 5.74) is 0.115. The molecule has 3 atom stereocenters. The number of halogens is 3. The van der Waals surface area contributed by atoms with Gasteiger partial charge in [0.15, 0.2) is 0 Å². The van der Waals surface area contributed by atoms with E-state index in [2.05, 4.69) is 4.98 Å². The Morgan fingerprint density at radius 2 is 2.09 bits per heavy atom. The smallest absolute Gasteiger partial charge is 0.416 e. The second-order valence-corrected chi connectivity index (χ2v) is 8.18. The molecule has 7 heteroatoms. The number of nitrogens with one attached hydrogen (secondary N) is 1. The van der Waals surface area contributed by atoms with E-state index in [1.54, 1.807) is 18.2 Å². The number of aliphatic carboxylic acids is 1. The molecule has 3 unspecified atom stereocenters. The lowest BCUT2D eigenvalue weighted by atomic mass is 9.91. The van der Waals surface area contributed by atoms with Crippen molar-refractivity contribution in [1.29, 1.82) is 0 Å². The third-order valence-corrected chi connectivity index (χ3v) is 6.05. The van der Waals surface area contributed by atoms with Gasteiger partial charge >= 0.3 is 12.1 Å². The van der Waals surface area contributed by atoms with E-state index in [1.807, 2.05) is 0 Å². The summed E-state index contributed by atoms with van der Waals surface area (Å²) in [5.74, 6) is -3.90. The molecule has 5 rings (SSSR count). The van der Waals surface area contributed by atoms with E-state index in [-0.39, 0.29) is 24.5 Å². The third-order valence-electron chi connectivity index (χ3n) is 6.05. The van der Waals surface area contributed by atoms with Crippen LogP contribution in [-0.2, 0) is 24.0 Å². The molecule has 33 heavy (non-hydrogen) atoms. The second-order valence-electron chi connectivity index (χ2n) is 8.18. The summed E-state index contributed by atoms with van der Waals surface area (Å²) in [5, 5.41) is 9.99. The lowest BCUT2D eigenvalue weighted by Gasteiger charge is -2.19. The number of aromatic amines is 1. The molecular formula is C26H26F3NO3. The first-order chi connectivity index (χ1) is 18.8. The summed E-state index contributed by atoms with van der Waals surface area (Å²) in [4.78, 5) is 14.4. The van der Waals surface area contributed by atoms with Crippen LogP contribution in [0, 0.1) is 0 Å². The maximum absolute atomic E-state index is 14.2. The van der Waals surface area contributed by atoms with Crippen LogP contribution in [0.1, 0.15) is 89.1 Å². The van der Waals surface area contributed by atoms with E-state index in [9.17, 15) is 18.0 Å². The molecule has 2 aromatic carbocycles. The number of carboxylic acids is 1. The summed E-state index contributed by atoms with van der Waals surface area (Å²) in [6.45, 7) is -0.340. The summed E-state index contributed by atoms with van der Waals surface area (Å²) in [6, 6.07) is 7.67. The highest BCUT2D eigenvalue weighted by atomic mass is 19.4. The first-order valence-corrected chi connectivity index (χ1v) is 10.5. The first kappa shape index (κ1) is 14.3. The van der Waals surface area contributed by atoms with Gasteiger partial charge in [-0.1, -0.05) is 24.9 Å². The van der Waals surface area contributed by atoms with Crippen LogP contribution >= 0.6 is 0 Å². The number of H-pyrrole nitrogens is 1. The van der Waals surface area contributed by atoms with Crippen molar-refractivity contribution >= 4 is 16.9 Å². The Morgan fingerprint density at radius 1 is 1.24 bits per heavy atom. The number of fused-ring (bicyclic) bond motifs is 3. The fraction of sp³-hybridized carbons (Fsp3) is 0.423. The van der Waals surface area contributed by atoms with Crippen LogP contribution in [0.2, 0.25) is 0 Å². The number of hydrogen-bond acceptors (Lipinski definition) is 2. The monoisotopic (exact) mass is 465 g/mol. The number of benzene rings is 2. The number of ether oxygens (including phenoxy) is 1. The maximum Gasteiger partial charge on any atom is 0.416 e. The fourth-order valence-electron chi connectivity index (χ4n) is 4.54. The third kappa shape index (κ3) is 4.33. The van der Waals surface area contributed by atoms with Crippen LogP contribution < -0.4 is 4.74 Å². The van der Waals surface area contributed by atoms with Crippen LogP contribution in [-0.4, -0.2) is 16.1 Å². The van der Waals surface area contributed by atoms with Gasteiger partial charge in [-0.3, -0.25) is 4.79 Å². The van der Waals surface area contributed by atoms with Crippen molar-refractivity contribution in [2.45, 2.75) is 69.4 Å². The summed E-state index contributed by atoms with van der Waals surface area (Å²) < 4.78 is 113. The van der Waals surface area contributed by atoms with Crippen LogP contribution in [0.15, 0.2) is 36.4 Å². The van der Waals surface area contributed by atoms with Crippen LogP contribution in [0.5, 0.6) is 5.75 Å². The molecule has 0 aliphatic heterocycles. The lowest BCUT2D eigenvalue weighted by Crippen LogP contribution is -2.12. The van der Waals surface area contributed by atoms with Gasteiger partial charge < -0.3 is 14.8 Å². The maximum atomic E-state index is 14.2. The topological polar surface area (TPSA) is 62.3 Å². The quantitative estimate of drug-likeness (QED) is 0.415. The predicted octanol–water partition coefficient (Wildman–Crippen LogP) is 6.93. The average Bonchev–Trinajstić information content (AvgIpc) is 3.45. The molecular weight excluding hydrogens is 431 g/mol. The van der Waals surface area contributed by atoms with E-state index < -0.39 is 54.7 Å². The highest BCUT2D eigenvalue weighted by Crippen LogP contribution is 2.43. The van der Waals surface area contributed by atoms with Gasteiger partial charge in [-0.25, -0.2) is 0 Å². The van der Waals surface area contributed by atoms with Crippen LogP contribution in [0.3, 0.4) is 0 Å². The highest BCUT2D eigenvalue weighted by Gasteiger charge is 2.36. The van der Waals surface area contributed by atoms with E-state index >= 15 is 0 Å². The Hall–Kier alpha value is -2.96. The zero-order valence-corrected chi connectivity index (χ0v) is 17.3. The Balaban J connectivity index is 1.46. The molecule has 0 radical (unpaired) electrons. The van der Waals surface area contributed by atoms with E-state index in [4.69, 9.17) is 20.8 Å². The Kier molecular flexibility index (Phi) is 3.66. The molecule has 2 aliphatic carbocycles. The largest absolute Gasteiger partial charge is 0.489 e. The molecule has 174 valence electrons. The Labute approximate surface area is 201 Å². The normalized spacial score (nSPS) is 32.9. The number of carboxylic acid groups (broad SMARTS) is 1. The molecule has 1 saturated carbocycles. The molecule has 0 saturated heterocycles. The molecule has 0 spiro atoms. The van der Waals surface area contributed by atoms with Gasteiger partial charge in [-0.2, -0.15) is 13.2 Å². The van der Waals surface area contributed by atoms with Gasteiger partial charge in [-0.15, -0.1) is 0 Å². The molecule has 2 N–H and O–H groups in total. The minimum atomic E-state index is -5.12. The van der Waals surface area contributed by atoms with Crippen molar-refractivity contribution < 1.29 is 38.8 Å². The first-order valence-electron chi connectivity index (χ1n) is 14.5. The molecule has 1 heterocycles. The highest BCUT2D eigenvalue weighted by molar-refractivity contribution is 5.87. The van der Waals surface area contributed by atoms with Crippen LogP contribution in [0.25, 0.3) is 10.9 Å². The summed E-state index contributed by atoms with van der Waals surface area (Å²) >= 11 is 0. The van der Waals surface area contributed by atoms with Gasteiger partial charge in [0.05, 0.1) is 12.0 Å². The van der Waals surface area contributed by atoms with Crippen LogP contribution in [0.4, 0.5) is 13.2 Å². The molecule has 0 bridgehead atoms. The molecule has 3 aromatic rings. The van der Waals surface area contributed by atoms with Crippen molar-refractivity contribution in [3.8, 4) is 5.75 Å². The van der Waals surface area contributed by atoms with Gasteiger partial charge in [0.2, 0.25) is 0 Å². The second kappa shape index (κ2) is 8.43. The summed E-state index contributed by atoms with van der Waals surface area (Å²) in [6.07, 6.45) is -16.4. The minimum absolute atomic E-state index is 0.00200. The van der Waals surface area contributed by atoms with E-state index in [0.29, 0.717) is 24.7 Å². The number of aryl methyl sites for hydroxylation is 1. The van der Waals surface area contributed by atoms with E-state index in [0.717, 1.165) is 34.3 Å². The van der Waals surface area contributed by atoms with Gasteiger partial charge in [0.25, 0.3) is 0 Å². The molecule has 1 fully saturated rings. The molecule has 1 aromatic heterocycles. The van der Waals surface area contributed by atoms with Crippen molar-refractivity contribution in [2.75, 3.05) is 0 Å². The number of rotatable bonds is 6. The standard InChI is InChI=1S/C26H26F3NO3/c27-26(28,29)22-11-15(5-8-19(22)16-3-1-2-4-16)14-33-18-7-10-23-21(13-18)20-9-6-17(12-24(31)32)25(20)30-23/h5,7-8,10-11,13,16-17,30H,1-4,6,9,12,14H2,(H,31,32)/i1D2,2D2,3D,4D2,16D. The zero-order valence-electron chi connectivity index (χ0n) is 25.3. The number of alkyl halides is 3. The molecule has 2 aliphatic rings. The van der Waals surface area contributed by atoms with Gasteiger partial charge in [-0.05, 0) is 72.5 Å². The average molecular weight is 466 g/mol. The van der Waals surface area contributed by atoms with Gasteiger partial charge in [0.1, 0.15) is 12.4 Å².